The normalized spacial score (nSPS) is 25.0. The largest absolute Gasteiger partial charge is 0.460 e. The highest BCUT2D eigenvalue weighted by Crippen LogP contribution is 2.20. The van der Waals surface area contributed by atoms with Crippen LogP contribution < -0.4 is 5.32 Å². The van der Waals surface area contributed by atoms with Crippen molar-refractivity contribution in [1.82, 2.24) is 5.32 Å². The molecule has 1 fully saturated rings. The van der Waals surface area contributed by atoms with Crippen molar-refractivity contribution >= 4 is 11.9 Å². The number of nitrogens with one attached hydrogen (secondary N) is 1. The van der Waals surface area contributed by atoms with Crippen LogP contribution in [0.1, 0.15) is 65.7 Å². The minimum Gasteiger partial charge on any atom is -0.460 e. The van der Waals surface area contributed by atoms with Crippen molar-refractivity contribution in [3.8, 4) is 0 Å². The average molecular weight is 299 g/mol. The molecule has 2 atom stereocenters. The van der Waals surface area contributed by atoms with E-state index in [0.717, 1.165) is 32.1 Å². The van der Waals surface area contributed by atoms with Gasteiger partial charge in [0.1, 0.15) is 5.60 Å². The van der Waals surface area contributed by atoms with Crippen molar-refractivity contribution in [2.24, 2.45) is 5.92 Å². The minimum absolute atomic E-state index is 0.0507. The van der Waals surface area contributed by atoms with Crippen molar-refractivity contribution < 1.29 is 19.4 Å². The van der Waals surface area contributed by atoms with E-state index >= 15 is 0 Å². The van der Waals surface area contributed by atoms with Crippen LogP contribution in [0.4, 0.5) is 0 Å². The van der Waals surface area contributed by atoms with Crippen LogP contribution in [0.2, 0.25) is 0 Å². The molecule has 2 N–H and O–H groups in total. The van der Waals surface area contributed by atoms with E-state index in [1.807, 2.05) is 20.8 Å². The predicted molar refractivity (Wildman–Crippen MR) is 80.7 cm³/mol. The molecule has 0 aliphatic carbocycles. The van der Waals surface area contributed by atoms with E-state index in [9.17, 15) is 14.7 Å². The summed E-state index contributed by atoms with van der Waals surface area (Å²) in [5, 5.41) is 12.2. The zero-order valence-electron chi connectivity index (χ0n) is 13.5. The fourth-order valence-electron chi connectivity index (χ4n) is 2.57. The van der Waals surface area contributed by atoms with Crippen molar-refractivity contribution in [3.63, 3.8) is 0 Å². The molecule has 0 aromatic rings. The van der Waals surface area contributed by atoms with Gasteiger partial charge in [-0.25, -0.2) is 0 Å². The SMILES string of the molecule is CC(C)(C)OC(=O)CC1CCCCCCC(CO)NC1=O. The molecule has 0 spiro atoms. The fraction of sp³-hybridized carbons (Fsp3) is 0.875. The van der Waals surface area contributed by atoms with E-state index in [1.54, 1.807) is 0 Å². The first-order chi connectivity index (χ1) is 9.81. The molecule has 5 heteroatoms. The van der Waals surface area contributed by atoms with E-state index in [-0.39, 0.29) is 36.9 Å². The van der Waals surface area contributed by atoms with Crippen LogP contribution in [-0.2, 0) is 14.3 Å². The van der Waals surface area contributed by atoms with Gasteiger partial charge in [-0.2, -0.15) is 0 Å². The summed E-state index contributed by atoms with van der Waals surface area (Å²) in [6.45, 7) is 5.41. The van der Waals surface area contributed by atoms with Gasteiger partial charge in [0.2, 0.25) is 5.91 Å². The Morgan fingerprint density at radius 3 is 2.43 bits per heavy atom. The number of esters is 1. The highest BCUT2D eigenvalue weighted by Gasteiger charge is 2.27. The van der Waals surface area contributed by atoms with Crippen LogP contribution in [0.25, 0.3) is 0 Å². The number of aliphatic hydroxyl groups is 1. The molecule has 0 saturated carbocycles. The van der Waals surface area contributed by atoms with Crippen LogP contribution in [0.5, 0.6) is 0 Å². The van der Waals surface area contributed by atoms with Gasteiger partial charge in [0.25, 0.3) is 0 Å². The maximum Gasteiger partial charge on any atom is 0.307 e. The van der Waals surface area contributed by atoms with Crippen LogP contribution in [0, 0.1) is 5.92 Å². The van der Waals surface area contributed by atoms with E-state index in [4.69, 9.17) is 4.74 Å². The number of amides is 1. The molecule has 1 heterocycles. The summed E-state index contributed by atoms with van der Waals surface area (Å²) in [5.41, 5.74) is -0.531. The molecule has 1 saturated heterocycles. The van der Waals surface area contributed by atoms with Crippen molar-refractivity contribution in [1.29, 1.82) is 0 Å². The first-order valence-corrected chi connectivity index (χ1v) is 7.95. The van der Waals surface area contributed by atoms with Gasteiger partial charge in [0.15, 0.2) is 0 Å². The maximum absolute atomic E-state index is 12.3. The zero-order chi connectivity index (χ0) is 15.9. The van der Waals surface area contributed by atoms with Gasteiger partial charge in [0, 0.05) is 5.92 Å². The molecule has 1 aliphatic heterocycles. The van der Waals surface area contributed by atoms with Crippen molar-refractivity contribution in [2.45, 2.75) is 77.4 Å². The Hall–Kier alpha value is -1.10. The summed E-state index contributed by atoms with van der Waals surface area (Å²) in [7, 11) is 0. The first kappa shape index (κ1) is 18.0. The van der Waals surface area contributed by atoms with E-state index in [1.165, 1.54) is 0 Å². The molecular weight excluding hydrogens is 270 g/mol. The second-order valence-electron chi connectivity index (χ2n) is 6.87. The molecule has 21 heavy (non-hydrogen) atoms. The Morgan fingerprint density at radius 2 is 1.86 bits per heavy atom. The van der Waals surface area contributed by atoms with Crippen LogP contribution >= 0.6 is 0 Å². The number of hydrogen-bond donors (Lipinski definition) is 2. The molecule has 1 aliphatic rings. The van der Waals surface area contributed by atoms with Crippen LogP contribution in [0.15, 0.2) is 0 Å². The summed E-state index contributed by atoms with van der Waals surface area (Å²) >= 11 is 0. The number of carbonyl (C=O) groups is 2. The fourth-order valence-corrected chi connectivity index (χ4v) is 2.57. The third-order valence-corrected chi connectivity index (χ3v) is 3.63. The van der Waals surface area contributed by atoms with Gasteiger partial charge < -0.3 is 15.2 Å². The Bertz CT molecular complexity index is 349. The van der Waals surface area contributed by atoms with Gasteiger partial charge in [-0.1, -0.05) is 25.7 Å². The standard InChI is InChI=1S/C16H29NO4/c1-16(2,3)21-14(19)10-12-8-6-4-5-7-9-13(11-18)17-15(12)20/h12-13,18H,4-11H2,1-3H3,(H,17,20). The van der Waals surface area contributed by atoms with Crippen molar-refractivity contribution in [2.75, 3.05) is 6.61 Å². The second-order valence-corrected chi connectivity index (χ2v) is 6.87. The lowest BCUT2D eigenvalue weighted by Gasteiger charge is -2.24. The third-order valence-electron chi connectivity index (χ3n) is 3.63. The number of aliphatic hydroxyl groups excluding tert-OH is 1. The molecule has 1 rings (SSSR count). The monoisotopic (exact) mass is 299 g/mol. The Labute approximate surface area is 127 Å². The summed E-state index contributed by atoms with van der Waals surface area (Å²) in [6.07, 6.45) is 5.74. The Kier molecular flexibility index (Phi) is 7.15. The lowest BCUT2D eigenvalue weighted by atomic mass is 9.94. The highest BCUT2D eigenvalue weighted by molar-refractivity contribution is 5.84. The predicted octanol–water partition coefficient (Wildman–Crippen LogP) is 2.17. The number of hydrogen-bond acceptors (Lipinski definition) is 4. The molecule has 122 valence electrons. The molecule has 5 nitrogen and oxygen atoms in total. The number of carbonyl (C=O) groups excluding carboxylic acids is 2. The van der Waals surface area contributed by atoms with Crippen LogP contribution in [0.3, 0.4) is 0 Å². The lowest BCUT2D eigenvalue weighted by Crippen LogP contribution is -2.42. The Balaban J connectivity index is 2.62. The van der Waals surface area contributed by atoms with E-state index in [2.05, 4.69) is 5.32 Å². The zero-order valence-corrected chi connectivity index (χ0v) is 13.5. The van der Waals surface area contributed by atoms with Gasteiger partial charge >= 0.3 is 5.97 Å². The smallest absolute Gasteiger partial charge is 0.307 e. The topological polar surface area (TPSA) is 75.6 Å². The second kappa shape index (κ2) is 8.37. The summed E-state index contributed by atoms with van der Waals surface area (Å²) in [4.78, 5) is 24.2. The van der Waals surface area contributed by atoms with Crippen LogP contribution in [-0.4, -0.2) is 35.2 Å². The lowest BCUT2D eigenvalue weighted by molar-refractivity contribution is -0.157. The third kappa shape index (κ3) is 7.46. The molecular formula is C16H29NO4. The minimum atomic E-state index is -0.531. The molecule has 0 aromatic carbocycles. The summed E-state index contributed by atoms with van der Waals surface area (Å²) in [5.74, 6) is -0.825. The summed E-state index contributed by atoms with van der Waals surface area (Å²) in [6, 6.07) is -0.197. The molecule has 2 unspecified atom stereocenters. The molecule has 0 bridgehead atoms. The molecule has 1 amide bonds. The number of ether oxygens (including phenoxy) is 1. The van der Waals surface area contributed by atoms with Gasteiger partial charge in [-0.3, -0.25) is 9.59 Å². The van der Waals surface area contributed by atoms with Gasteiger partial charge in [-0.05, 0) is 33.6 Å². The van der Waals surface area contributed by atoms with Crippen molar-refractivity contribution in [3.05, 3.63) is 0 Å². The average Bonchev–Trinajstić information content (AvgIpc) is 2.37. The molecule has 0 aromatic heterocycles. The maximum atomic E-state index is 12.3. The number of rotatable bonds is 3. The van der Waals surface area contributed by atoms with Gasteiger partial charge in [-0.15, -0.1) is 0 Å². The molecule has 0 radical (unpaired) electrons. The van der Waals surface area contributed by atoms with Gasteiger partial charge in [0.05, 0.1) is 19.1 Å². The highest BCUT2D eigenvalue weighted by atomic mass is 16.6. The Morgan fingerprint density at radius 1 is 1.24 bits per heavy atom. The quantitative estimate of drug-likeness (QED) is 0.783. The first-order valence-electron chi connectivity index (χ1n) is 7.95. The van der Waals surface area contributed by atoms with E-state index < -0.39 is 5.60 Å². The van der Waals surface area contributed by atoms with E-state index in [0.29, 0.717) is 6.42 Å². The summed E-state index contributed by atoms with van der Waals surface area (Å²) < 4.78 is 5.30.